The molecule has 2 heteroatoms. The second-order valence-corrected chi connectivity index (χ2v) is 5.54. The SMILES string of the molecule is Nc1cccc2c1CN(C1CCCCCC1)C2. The fraction of sp³-hybridized carbons (Fsp3) is 0.600. The molecule has 1 aliphatic heterocycles. The topological polar surface area (TPSA) is 29.3 Å². The molecule has 0 saturated heterocycles. The molecule has 2 aliphatic rings. The van der Waals surface area contributed by atoms with E-state index in [1.807, 2.05) is 6.07 Å². The van der Waals surface area contributed by atoms with Gasteiger partial charge >= 0.3 is 0 Å². The molecule has 0 aromatic heterocycles. The minimum atomic E-state index is 0.796. The van der Waals surface area contributed by atoms with E-state index in [1.165, 1.54) is 49.7 Å². The third-order valence-corrected chi connectivity index (χ3v) is 4.39. The van der Waals surface area contributed by atoms with E-state index in [0.29, 0.717) is 0 Å². The Kier molecular flexibility index (Phi) is 3.06. The van der Waals surface area contributed by atoms with Crippen LogP contribution >= 0.6 is 0 Å². The molecule has 1 saturated carbocycles. The van der Waals surface area contributed by atoms with Crippen LogP contribution in [-0.2, 0) is 13.1 Å². The quantitative estimate of drug-likeness (QED) is 0.592. The lowest BCUT2D eigenvalue weighted by molar-refractivity contribution is 0.181. The summed E-state index contributed by atoms with van der Waals surface area (Å²) in [6.45, 7) is 2.19. The third kappa shape index (κ3) is 2.19. The van der Waals surface area contributed by atoms with Gasteiger partial charge in [-0.2, -0.15) is 0 Å². The molecular weight excluding hydrogens is 208 g/mol. The molecule has 1 fully saturated rings. The lowest BCUT2D eigenvalue weighted by Crippen LogP contribution is -2.30. The minimum absolute atomic E-state index is 0.796. The smallest absolute Gasteiger partial charge is 0.0363 e. The number of hydrogen-bond donors (Lipinski definition) is 1. The molecule has 2 nitrogen and oxygen atoms in total. The van der Waals surface area contributed by atoms with Crippen molar-refractivity contribution in [3.05, 3.63) is 29.3 Å². The van der Waals surface area contributed by atoms with Gasteiger partial charge in [-0.1, -0.05) is 37.8 Å². The Hall–Kier alpha value is -1.02. The van der Waals surface area contributed by atoms with Gasteiger partial charge in [-0.05, 0) is 30.0 Å². The van der Waals surface area contributed by atoms with Gasteiger partial charge in [0.15, 0.2) is 0 Å². The van der Waals surface area contributed by atoms with Gasteiger partial charge < -0.3 is 5.73 Å². The fourth-order valence-corrected chi connectivity index (χ4v) is 3.35. The summed E-state index contributed by atoms with van der Waals surface area (Å²) >= 11 is 0. The van der Waals surface area contributed by atoms with E-state index in [4.69, 9.17) is 5.73 Å². The molecule has 92 valence electrons. The van der Waals surface area contributed by atoms with Crippen LogP contribution in [0, 0.1) is 0 Å². The van der Waals surface area contributed by atoms with Gasteiger partial charge in [0.05, 0.1) is 0 Å². The first-order valence-corrected chi connectivity index (χ1v) is 6.95. The number of fused-ring (bicyclic) bond motifs is 1. The zero-order valence-electron chi connectivity index (χ0n) is 10.5. The van der Waals surface area contributed by atoms with Crippen LogP contribution < -0.4 is 5.73 Å². The first-order chi connectivity index (χ1) is 8.34. The Balaban J connectivity index is 1.74. The van der Waals surface area contributed by atoms with Gasteiger partial charge in [0.1, 0.15) is 0 Å². The summed E-state index contributed by atoms with van der Waals surface area (Å²) in [4.78, 5) is 2.65. The van der Waals surface area contributed by atoms with Crippen molar-refractivity contribution in [2.45, 2.75) is 57.7 Å². The molecule has 2 N–H and O–H groups in total. The lowest BCUT2D eigenvalue weighted by atomic mass is 10.1. The zero-order valence-corrected chi connectivity index (χ0v) is 10.5. The number of rotatable bonds is 1. The molecule has 0 unspecified atom stereocenters. The Labute approximate surface area is 104 Å². The van der Waals surface area contributed by atoms with Gasteiger partial charge in [0, 0.05) is 24.8 Å². The number of nitrogens with zero attached hydrogens (tertiary/aromatic N) is 1. The molecule has 1 aliphatic carbocycles. The van der Waals surface area contributed by atoms with Crippen LogP contribution in [0.5, 0.6) is 0 Å². The van der Waals surface area contributed by atoms with Crippen molar-refractivity contribution in [1.29, 1.82) is 0 Å². The number of benzene rings is 1. The number of hydrogen-bond acceptors (Lipinski definition) is 2. The fourth-order valence-electron chi connectivity index (χ4n) is 3.35. The highest BCUT2D eigenvalue weighted by atomic mass is 15.2. The Morgan fingerprint density at radius 1 is 1.00 bits per heavy atom. The summed E-state index contributed by atoms with van der Waals surface area (Å²) in [5, 5.41) is 0. The van der Waals surface area contributed by atoms with E-state index < -0.39 is 0 Å². The molecule has 3 rings (SSSR count). The van der Waals surface area contributed by atoms with Gasteiger partial charge in [-0.3, -0.25) is 4.90 Å². The van der Waals surface area contributed by atoms with Gasteiger partial charge in [-0.15, -0.1) is 0 Å². The van der Waals surface area contributed by atoms with Crippen LogP contribution in [0.15, 0.2) is 18.2 Å². The highest BCUT2D eigenvalue weighted by Crippen LogP contribution is 2.32. The maximum Gasteiger partial charge on any atom is 0.0363 e. The standard InChI is InChI=1S/C15H22N2/c16-15-9-5-6-12-10-17(11-14(12)15)13-7-3-1-2-4-8-13/h5-6,9,13H,1-4,7-8,10-11,16H2. The third-order valence-electron chi connectivity index (χ3n) is 4.39. The number of nitrogens with two attached hydrogens (primary N) is 1. The normalized spacial score (nSPS) is 22.4. The Morgan fingerprint density at radius 3 is 2.47 bits per heavy atom. The molecule has 17 heavy (non-hydrogen) atoms. The van der Waals surface area contributed by atoms with Crippen LogP contribution in [0.3, 0.4) is 0 Å². The van der Waals surface area contributed by atoms with Crippen LogP contribution in [0.4, 0.5) is 5.69 Å². The van der Waals surface area contributed by atoms with E-state index in [-0.39, 0.29) is 0 Å². The second-order valence-electron chi connectivity index (χ2n) is 5.54. The molecular formula is C15H22N2. The summed E-state index contributed by atoms with van der Waals surface area (Å²) < 4.78 is 0. The summed E-state index contributed by atoms with van der Waals surface area (Å²) in [5.41, 5.74) is 9.89. The van der Waals surface area contributed by atoms with Gasteiger partial charge in [-0.25, -0.2) is 0 Å². The maximum absolute atomic E-state index is 6.07. The Morgan fingerprint density at radius 2 is 1.76 bits per heavy atom. The first kappa shape index (κ1) is 11.1. The van der Waals surface area contributed by atoms with Crippen molar-refractivity contribution in [1.82, 2.24) is 4.90 Å². The predicted octanol–water partition coefficient (Wildman–Crippen LogP) is 3.31. The lowest BCUT2D eigenvalue weighted by Gasteiger charge is -2.26. The van der Waals surface area contributed by atoms with E-state index in [9.17, 15) is 0 Å². The average molecular weight is 230 g/mol. The van der Waals surface area contributed by atoms with E-state index in [2.05, 4.69) is 17.0 Å². The van der Waals surface area contributed by atoms with E-state index >= 15 is 0 Å². The van der Waals surface area contributed by atoms with Gasteiger partial charge in [0.25, 0.3) is 0 Å². The van der Waals surface area contributed by atoms with Crippen LogP contribution in [0.25, 0.3) is 0 Å². The monoisotopic (exact) mass is 230 g/mol. The van der Waals surface area contributed by atoms with Gasteiger partial charge in [0.2, 0.25) is 0 Å². The number of anilines is 1. The molecule has 1 heterocycles. The number of nitrogen functional groups attached to an aromatic ring is 1. The first-order valence-electron chi connectivity index (χ1n) is 6.95. The van der Waals surface area contributed by atoms with Crippen molar-refractivity contribution in [2.75, 3.05) is 5.73 Å². The molecule has 0 radical (unpaired) electrons. The van der Waals surface area contributed by atoms with Crippen LogP contribution in [0.2, 0.25) is 0 Å². The molecule has 0 atom stereocenters. The molecule has 0 bridgehead atoms. The molecule has 0 amide bonds. The van der Waals surface area contributed by atoms with E-state index in [0.717, 1.165) is 24.8 Å². The molecule has 1 aromatic rings. The summed E-state index contributed by atoms with van der Waals surface area (Å²) in [6, 6.07) is 7.16. The predicted molar refractivity (Wildman–Crippen MR) is 71.6 cm³/mol. The van der Waals surface area contributed by atoms with Crippen LogP contribution in [0.1, 0.15) is 49.7 Å². The largest absolute Gasteiger partial charge is 0.398 e. The van der Waals surface area contributed by atoms with E-state index in [1.54, 1.807) is 0 Å². The highest BCUT2D eigenvalue weighted by Gasteiger charge is 2.27. The van der Waals surface area contributed by atoms with Crippen LogP contribution in [-0.4, -0.2) is 10.9 Å². The average Bonchev–Trinajstić information content (AvgIpc) is 2.59. The minimum Gasteiger partial charge on any atom is -0.398 e. The highest BCUT2D eigenvalue weighted by molar-refractivity contribution is 5.52. The summed E-state index contributed by atoms with van der Waals surface area (Å²) in [5.74, 6) is 0. The van der Waals surface area contributed by atoms with Crippen molar-refractivity contribution < 1.29 is 0 Å². The summed E-state index contributed by atoms with van der Waals surface area (Å²) in [6.07, 6.45) is 8.45. The van der Waals surface area contributed by atoms with Crippen molar-refractivity contribution in [3.8, 4) is 0 Å². The van der Waals surface area contributed by atoms with Crippen molar-refractivity contribution in [3.63, 3.8) is 0 Å². The molecule has 0 spiro atoms. The second kappa shape index (κ2) is 4.69. The molecule has 1 aromatic carbocycles. The zero-order chi connectivity index (χ0) is 11.7. The maximum atomic E-state index is 6.07. The van der Waals surface area contributed by atoms with Crippen molar-refractivity contribution >= 4 is 5.69 Å². The summed E-state index contributed by atoms with van der Waals surface area (Å²) in [7, 11) is 0. The Bertz CT molecular complexity index is 392. The van der Waals surface area contributed by atoms with Crippen molar-refractivity contribution in [2.24, 2.45) is 0 Å².